The summed E-state index contributed by atoms with van der Waals surface area (Å²) in [5.41, 5.74) is 0.904. The molecule has 3 nitrogen and oxygen atoms in total. The van der Waals surface area contributed by atoms with Gasteiger partial charge in [0.2, 0.25) is 0 Å². The van der Waals surface area contributed by atoms with Gasteiger partial charge in [0.15, 0.2) is 5.79 Å². The third kappa shape index (κ3) is 2.26. The molecule has 1 fully saturated rings. The van der Waals surface area contributed by atoms with Crippen molar-refractivity contribution in [2.45, 2.75) is 38.3 Å². The smallest absolute Gasteiger partial charge is 0.163 e. The van der Waals surface area contributed by atoms with Crippen LogP contribution in [0, 0.1) is 5.92 Å². The van der Waals surface area contributed by atoms with E-state index in [2.05, 4.69) is 0 Å². The standard InChI is InChI=1S/C13H18O3/c1-9-8-13(2,15)16-12(11(9)14)10-6-4-3-5-7-10/h3-7,9,11-12,14-15H,8H2,1-2H3/t9-,11-,12-,13+/m0/s1. The summed E-state index contributed by atoms with van der Waals surface area (Å²) >= 11 is 0. The largest absolute Gasteiger partial charge is 0.390 e. The summed E-state index contributed by atoms with van der Waals surface area (Å²) in [6, 6.07) is 9.53. The lowest BCUT2D eigenvalue weighted by molar-refractivity contribution is -0.283. The molecule has 1 aromatic carbocycles. The van der Waals surface area contributed by atoms with Gasteiger partial charge in [-0.2, -0.15) is 0 Å². The zero-order valence-corrected chi connectivity index (χ0v) is 9.63. The first-order valence-electron chi connectivity index (χ1n) is 5.63. The summed E-state index contributed by atoms with van der Waals surface area (Å²) in [7, 11) is 0. The van der Waals surface area contributed by atoms with Crippen molar-refractivity contribution >= 4 is 0 Å². The summed E-state index contributed by atoms with van der Waals surface area (Å²) in [6.45, 7) is 3.57. The Bertz CT molecular complexity index is 347. The SMILES string of the molecule is C[C@H]1C[C@](C)(O)O[C@@H](c2ccccc2)[C@H]1O. The highest BCUT2D eigenvalue weighted by molar-refractivity contribution is 5.19. The van der Waals surface area contributed by atoms with Crippen LogP contribution in [-0.4, -0.2) is 22.1 Å². The van der Waals surface area contributed by atoms with Crippen molar-refractivity contribution in [2.75, 3.05) is 0 Å². The highest BCUT2D eigenvalue weighted by atomic mass is 16.6. The van der Waals surface area contributed by atoms with Crippen LogP contribution >= 0.6 is 0 Å². The van der Waals surface area contributed by atoms with Crippen LogP contribution in [0.3, 0.4) is 0 Å². The van der Waals surface area contributed by atoms with E-state index in [0.717, 1.165) is 5.56 Å². The Morgan fingerprint density at radius 3 is 2.56 bits per heavy atom. The van der Waals surface area contributed by atoms with Crippen LogP contribution < -0.4 is 0 Å². The van der Waals surface area contributed by atoms with Gasteiger partial charge in [-0.3, -0.25) is 0 Å². The molecule has 1 aliphatic heterocycles. The van der Waals surface area contributed by atoms with Crippen molar-refractivity contribution in [1.29, 1.82) is 0 Å². The van der Waals surface area contributed by atoms with Crippen molar-refractivity contribution < 1.29 is 14.9 Å². The molecule has 88 valence electrons. The molecule has 0 bridgehead atoms. The molecule has 1 saturated heterocycles. The summed E-state index contributed by atoms with van der Waals surface area (Å²) in [5.74, 6) is -1.13. The number of hydrogen-bond donors (Lipinski definition) is 2. The van der Waals surface area contributed by atoms with E-state index in [9.17, 15) is 10.2 Å². The van der Waals surface area contributed by atoms with E-state index < -0.39 is 18.0 Å². The molecule has 0 spiro atoms. The van der Waals surface area contributed by atoms with Gasteiger partial charge in [-0.1, -0.05) is 37.3 Å². The number of ether oxygens (including phenoxy) is 1. The second-order valence-electron chi connectivity index (χ2n) is 4.80. The Morgan fingerprint density at radius 2 is 1.94 bits per heavy atom. The maximum absolute atomic E-state index is 10.1. The van der Waals surface area contributed by atoms with Gasteiger partial charge in [-0.15, -0.1) is 0 Å². The maximum atomic E-state index is 10.1. The number of aliphatic hydroxyl groups excluding tert-OH is 1. The molecule has 1 heterocycles. The highest BCUT2D eigenvalue weighted by Crippen LogP contribution is 2.38. The fourth-order valence-electron chi connectivity index (χ4n) is 2.32. The van der Waals surface area contributed by atoms with Crippen molar-refractivity contribution in [3.8, 4) is 0 Å². The first kappa shape index (κ1) is 11.6. The van der Waals surface area contributed by atoms with E-state index in [0.29, 0.717) is 6.42 Å². The molecule has 0 amide bonds. The molecule has 4 atom stereocenters. The topological polar surface area (TPSA) is 49.7 Å². The van der Waals surface area contributed by atoms with Crippen molar-refractivity contribution in [3.63, 3.8) is 0 Å². The molecule has 0 radical (unpaired) electrons. The summed E-state index contributed by atoms with van der Waals surface area (Å²) in [4.78, 5) is 0. The molecule has 0 saturated carbocycles. The van der Waals surface area contributed by atoms with Crippen LogP contribution in [0.15, 0.2) is 30.3 Å². The van der Waals surface area contributed by atoms with Gasteiger partial charge in [-0.05, 0) is 18.4 Å². The van der Waals surface area contributed by atoms with E-state index in [1.54, 1.807) is 6.92 Å². The lowest BCUT2D eigenvalue weighted by Crippen LogP contribution is -2.45. The van der Waals surface area contributed by atoms with Crippen molar-refractivity contribution in [2.24, 2.45) is 5.92 Å². The van der Waals surface area contributed by atoms with E-state index in [-0.39, 0.29) is 5.92 Å². The molecule has 3 heteroatoms. The fourth-order valence-corrected chi connectivity index (χ4v) is 2.32. The number of benzene rings is 1. The molecule has 1 aliphatic rings. The summed E-state index contributed by atoms with van der Waals surface area (Å²) in [6.07, 6.45) is -0.556. The van der Waals surface area contributed by atoms with Gasteiger partial charge in [-0.25, -0.2) is 0 Å². The van der Waals surface area contributed by atoms with Crippen molar-refractivity contribution in [1.82, 2.24) is 0 Å². The van der Waals surface area contributed by atoms with Crippen LogP contribution in [0.25, 0.3) is 0 Å². The predicted octanol–water partition coefficient (Wildman–Crippen LogP) is 1.85. The predicted molar refractivity (Wildman–Crippen MR) is 60.7 cm³/mol. The van der Waals surface area contributed by atoms with Crippen molar-refractivity contribution in [3.05, 3.63) is 35.9 Å². The molecule has 16 heavy (non-hydrogen) atoms. The van der Waals surface area contributed by atoms with Crippen LogP contribution in [0.4, 0.5) is 0 Å². The maximum Gasteiger partial charge on any atom is 0.163 e. The Hall–Kier alpha value is -0.900. The lowest BCUT2D eigenvalue weighted by Gasteiger charge is -2.41. The first-order valence-corrected chi connectivity index (χ1v) is 5.63. The first-order chi connectivity index (χ1) is 7.49. The Labute approximate surface area is 95.7 Å². The minimum Gasteiger partial charge on any atom is -0.390 e. The third-order valence-corrected chi connectivity index (χ3v) is 3.10. The molecule has 2 N–H and O–H groups in total. The lowest BCUT2D eigenvalue weighted by atomic mass is 9.86. The van der Waals surface area contributed by atoms with Gasteiger partial charge in [0.25, 0.3) is 0 Å². The van der Waals surface area contributed by atoms with Gasteiger partial charge in [0, 0.05) is 6.42 Å². The van der Waals surface area contributed by atoms with Gasteiger partial charge in [0.1, 0.15) is 6.10 Å². The number of rotatable bonds is 1. The Morgan fingerprint density at radius 1 is 1.31 bits per heavy atom. The number of aliphatic hydroxyl groups is 2. The van der Waals surface area contributed by atoms with E-state index >= 15 is 0 Å². The average Bonchev–Trinajstić information content (AvgIpc) is 2.24. The third-order valence-electron chi connectivity index (χ3n) is 3.10. The molecule has 0 unspecified atom stereocenters. The van der Waals surface area contributed by atoms with Gasteiger partial charge < -0.3 is 14.9 Å². The van der Waals surface area contributed by atoms with E-state index in [4.69, 9.17) is 4.74 Å². The van der Waals surface area contributed by atoms with Gasteiger partial charge in [0.05, 0.1) is 6.10 Å². The molecule has 0 aliphatic carbocycles. The quantitative estimate of drug-likeness (QED) is 0.762. The molecule has 0 aromatic heterocycles. The molecule has 1 aromatic rings. The molecule has 2 rings (SSSR count). The van der Waals surface area contributed by atoms with E-state index in [1.807, 2.05) is 37.3 Å². The Balaban J connectivity index is 2.26. The van der Waals surface area contributed by atoms with Crippen LogP contribution in [0.5, 0.6) is 0 Å². The van der Waals surface area contributed by atoms with Crippen LogP contribution in [0.2, 0.25) is 0 Å². The number of hydrogen-bond acceptors (Lipinski definition) is 3. The van der Waals surface area contributed by atoms with E-state index in [1.165, 1.54) is 0 Å². The van der Waals surface area contributed by atoms with Gasteiger partial charge >= 0.3 is 0 Å². The minimum absolute atomic E-state index is 0.0222. The normalized spacial score (nSPS) is 39.6. The Kier molecular flexibility index (Phi) is 3.02. The highest BCUT2D eigenvalue weighted by Gasteiger charge is 2.41. The minimum atomic E-state index is -1.15. The summed E-state index contributed by atoms with van der Waals surface area (Å²) in [5, 5.41) is 20.0. The van der Waals surface area contributed by atoms with Crippen LogP contribution in [-0.2, 0) is 4.74 Å². The molecular formula is C13H18O3. The second kappa shape index (κ2) is 4.17. The average molecular weight is 222 g/mol. The fraction of sp³-hybridized carbons (Fsp3) is 0.538. The molecular weight excluding hydrogens is 204 g/mol. The zero-order chi connectivity index (χ0) is 11.8. The zero-order valence-electron chi connectivity index (χ0n) is 9.63. The summed E-state index contributed by atoms with van der Waals surface area (Å²) < 4.78 is 5.55. The second-order valence-corrected chi connectivity index (χ2v) is 4.80. The van der Waals surface area contributed by atoms with Crippen LogP contribution in [0.1, 0.15) is 31.9 Å². The monoisotopic (exact) mass is 222 g/mol.